The van der Waals surface area contributed by atoms with Crippen molar-refractivity contribution in [3.8, 4) is 5.75 Å². The third-order valence-electron chi connectivity index (χ3n) is 3.51. The second-order valence-corrected chi connectivity index (χ2v) is 5.71. The molecule has 0 saturated carbocycles. The molecule has 0 aromatic heterocycles. The van der Waals surface area contributed by atoms with E-state index in [1.807, 2.05) is 12.1 Å². The molecule has 1 atom stereocenters. The highest BCUT2D eigenvalue weighted by atomic mass is 16.5. The van der Waals surface area contributed by atoms with E-state index in [-0.39, 0.29) is 18.6 Å². The second-order valence-electron chi connectivity index (χ2n) is 5.71. The van der Waals surface area contributed by atoms with Gasteiger partial charge in [-0.1, -0.05) is 19.9 Å². The molecule has 4 nitrogen and oxygen atoms in total. The Morgan fingerprint density at radius 2 is 2.30 bits per heavy atom. The maximum Gasteiger partial charge on any atom is 0.254 e. The molecule has 0 bridgehead atoms. The Bertz CT molecular complexity index is 459. The van der Waals surface area contributed by atoms with Crippen LogP contribution >= 0.6 is 0 Å². The summed E-state index contributed by atoms with van der Waals surface area (Å²) in [6.07, 6.45) is 1.84. The fourth-order valence-corrected chi connectivity index (χ4v) is 2.44. The predicted octanol–water partition coefficient (Wildman–Crippen LogP) is 2.32. The number of ether oxygens (including phenoxy) is 1. The molecule has 2 rings (SSSR count). The first-order valence-corrected chi connectivity index (χ1v) is 7.26. The standard InChI is InChI=1S/C16H23NO3/c1-12(2)11-20-15-7-3-5-13(9-15)16(19)17-8-4-6-14(17)10-18/h3,5,7,9,12,14,18H,4,6,8,10-11H2,1-2H3. The van der Waals surface area contributed by atoms with Gasteiger partial charge in [-0.2, -0.15) is 0 Å². The molecule has 1 fully saturated rings. The van der Waals surface area contributed by atoms with Gasteiger partial charge in [0, 0.05) is 12.1 Å². The van der Waals surface area contributed by atoms with Crippen LogP contribution in [-0.2, 0) is 0 Å². The largest absolute Gasteiger partial charge is 0.493 e. The zero-order valence-electron chi connectivity index (χ0n) is 12.2. The van der Waals surface area contributed by atoms with E-state index in [1.54, 1.807) is 17.0 Å². The Hall–Kier alpha value is -1.55. The van der Waals surface area contributed by atoms with Crippen LogP contribution in [0.1, 0.15) is 37.0 Å². The van der Waals surface area contributed by atoms with Crippen LogP contribution in [-0.4, -0.2) is 41.7 Å². The van der Waals surface area contributed by atoms with Crippen LogP contribution in [0, 0.1) is 5.92 Å². The first-order valence-electron chi connectivity index (χ1n) is 7.26. The maximum absolute atomic E-state index is 12.5. The molecule has 1 amide bonds. The summed E-state index contributed by atoms with van der Waals surface area (Å²) >= 11 is 0. The average Bonchev–Trinajstić information content (AvgIpc) is 2.93. The SMILES string of the molecule is CC(C)COc1cccc(C(=O)N2CCCC2CO)c1. The third kappa shape index (κ3) is 3.51. The number of carbonyl (C=O) groups is 1. The molecule has 1 aromatic rings. The Morgan fingerprint density at radius 3 is 3.00 bits per heavy atom. The first-order chi connectivity index (χ1) is 9.61. The van der Waals surface area contributed by atoms with Crippen LogP contribution < -0.4 is 4.74 Å². The van der Waals surface area contributed by atoms with Crippen molar-refractivity contribution in [1.82, 2.24) is 4.90 Å². The summed E-state index contributed by atoms with van der Waals surface area (Å²) in [5.41, 5.74) is 0.631. The van der Waals surface area contributed by atoms with E-state index in [9.17, 15) is 9.90 Å². The van der Waals surface area contributed by atoms with Crippen LogP contribution in [0.5, 0.6) is 5.75 Å². The summed E-state index contributed by atoms with van der Waals surface area (Å²) in [6.45, 7) is 5.58. The minimum atomic E-state index is -0.0391. The van der Waals surface area contributed by atoms with Crippen molar-refractivity contribution in [2.75, 3.05) is 19.8 Å². The smallest absolute Gasteiger partial charge is 0.254 e. The summed E-state index contributed by atoms with van der Waals surface area (Å²) < 4.78 is 5.65. The highest BCUT2D eigenvalue weighted by Gasteiger charge is 2.28. The first kappa shape index (κ1) is 14.9. The van der Waals surface area contributed by atoms with E-state index in [4.69, 9.17) is 4.74 Å². The summed E-state index contributed by atoms with van der Waals surface area (Å²) in [5.74, 6) is 1.16. The van der Waals surface area contributed by atoms with Crippen LogP contribution in [0.2, 0.25) is 0 Å². The molecular formula is C16H23NO3. The normalized spacial score (nSPS) is 18.6. The van der Waals surface area contributed by atoms with Crippen molar-refractivity contribution in [3.63, 3.8) is 0 Å². The number of likely N-dealkylation sites (tertiary alicyclic amines) is 1. The summed E-state index contributed by atoms with van der Waals surface area (Å²) in [4.78, 5) is 14.2. The lowest BCUT2D eigenvalue weighted by atomic mass is 10.1. The topological polar surface area (TPSA) is 49.8 Å². The lowest BCUT2D eigenvalue weighted by Crippen LogP contribution is -2.37. The molecule has 0 spiro atoms. The van der Waals surface area contributed by atoms with Gasteiger partial charge in [0.15, 0.2) is 0 Å². The van der Waals surface area contributed by atoms with Crippen LogP contribution in [0.25, 0.3) is 0 Å². The van der Waals surface area contributed by atoms with Crippen molar-refractivity contribution < 1.29 is 14.6 Å². The molecule has 1 aliphatic rings. The molecule has 1 aliphatic heterocycles. The van der Waals surface area contributed by atoms with E-state index >= 15 is 0 Å². The Morgan fingerprint density at radius 1 is 1.50 bits per heavy atom. The molecule has 1 aromatic carbocycles. The molecule has 1 saturated heterocycles. The highest BCUT2D eigenvalue weighted by Crippen LogP contribution is 2.22. The zero-order valence-corrected chi connectivity index (χ0v) is 12.2. The van der Waals surface area contributed by atoms with Gasteiger partial charge in [0.05, 0.1) is 19.3 Å². The van der Waals surface area contributed by atoms with Gasteiger partial charge >= 0.3 is 0 Å². The Balaban J connectivity index is 2.08. The van der Waals surface area contributed by atoms with Crippen molar-refractivity contribution in [2.24, 2.45) is 5.92 Å². The number of rotatable bonds is 5. The molecule has 110 valence electrons. The van der Waals surface area contributed by atoms with E-state index in [0.717, 1.165) is 25.1 Å². The van der Waals surface area contributed by atoms with Crippen LogP contribution in [0.15, 0.2) is 24.3 Å². The van der Waals surface area contributed by atoms with Crippen molar-refractivity contribution in [2.45, 2.75) is 32.7 Å². The number of aliphatic hydroxyl groups excluding tert-OH is 1. The van der Waals surface area contributed by atoms with Gasteiger partial charge < -0.3 is 14.7 Å². The molecule has 0 radical (unpaired) electrons. The summed E-state index contributed by atoms with van der Waals surface area (Å²) in [7, 11) is 0. The fourth-order valence-electron chi connectivity index (χ4n) is 2.44. The van der Waals surface area contributed by atoms with E-state index < -0.39 is 0 Å². The number of amides is 1. The molecule has 20 heavy (non-hydrogen) atoms. The number of benzene rings is 1. The molecular weight excluding hydrogens is 254 g/mol. The second kappa shape index (κ2) is 6.75. The van der Waals surface area contributed by atoms with Gasteiger partial charge in [-0.05, 0) is 37.0 Å². The summed E-state index contributed by atoms with van der Waals surface area (Å²) in [5, 5.41) is 9.31. The summed E-state index contributed by atoms with van der Waals surface area (Å²) in [6, 6.07) is 7.26. The predicted molar refractivity (Wildman–Crippen MR) is 77.9 cm³/mol. The van der Waals surface area contributed by atoms with Crippen molar-refractivity contribution in [1.29, 1.82) is 0 Å². The lowest BCUT2D eigenvalue weighted by Gasteiger charge is -2.23. The van der Waals surface area contributed by atoms with Crippen LogP contribution in [0.4, 0.5) is 0 Å². The number of nitrogens with zero attached hydrogens (tertiary/aromatic N) is 1. The highest BCUT2D eigenvalue weighted by molar-refractivity contribution is 5.95. The molecule has 0 aliphatic carbocycles. The minimum absolute atomic E-state index is 0.0171. The number of hydrogen-bond acceptors (Lipinski definition) is 3. The molecule has 1 N–H and O–H groups in total. The fraction of sp³-hybridized carbons (Fsp3) is 0.562. The van der Waals surface area contributed by atoms with Gasteiger partial charge in [0.25, 0.3) is 5.91 Å². The molecule has 1 unspecified atom stereocenters. The number of aliphatic hydroxyl groups is 1. The Kier molecular flexibility index (Phi) is 5.01. The van der Waals surface area contributed by atoms with E-state index in [1.165, 1.54) is 0 Å². The maximum atomic E-state index is 12.5. The van der Waals surface area contributed by atoms with Gasteiger partial charge in [-0.15, -0.1) is 0 Å². The van der Waals surface area contributed by atoms with Gasteiger partial charge in [0.1, 0.15) is 5.75 Å². The zero-order chi connectivity index (χ0) is 14.5. The van der Waals surface area contributed by atoms with Gasteiger partial charge in [0.2, 0.25) is 0 Å². The lowest BCUT2D eigenvalue weighted by molar-refractivity contribution is 0.0677. The molecule has 1 heterocycles. The minimum Gasteiger partial charge on any atom is -0.493 e. The third-order valence-corrected chi connectivity index (χ3v) is 3.51. The average molecular weight is 277 g/mol. The van der Waals surface area contributed by atoms with E-state index in [2.05, 4.69) is 13.8 Å². The van der Waals surface area contributed by atoms with Gasteiger partial charge in [-0.3, -0.25) is 4.79 Å². The number of hydrogen-bond donors (Lipinski definition) is 1. The number of carbonyl (C=O) groups excluding carboxylic acids is 1. The Labute approximate surface area is 120 Å². The quantitative estimate of drug-likeness (QED) is 0.898. The van der Waals surface area contributed by atoms with E-state index in [0.29, 0.717) is 18.1 Å². The molecule has 4 heteroatoms. The van der Waals surface area contributed by atoms with Crippen molar-refractivity contribution in [3.05, 3.63) is 29.8 Å². The van der Waals surface area contributed by atoms with Gasteiger partial charge in [-0.25, -0.2) is 0 Å². The van der Waals surface area contributed by atoms with Crippen molar-refractivity contribution >= 4 is 5.91 Å². The monoisotopic (exact) mass is 277 g/mol. The van der Waals surface area contributed by atoms with Crippen LogP contribution in [0.3, 0.4) is 0 Å².